The molecule has 0 fully saturated rings. The van der Waals surface area contributed by atoms with E-state index in [-0.39, 0.29) is 5.41 Å². The summed E-state index contributed by atoms with van der Waals surface area (Å²) in [4.78, 5) is 14.7. The molecule has 1 rings (SSSR count). The summed E-state index contributed by atoms with van der Waals surface area (Å²) in [5.41, 5.74) is 3.24. The van der Waals surface area contributed by atoms with Crippen molar-refractivity contribution in [3.05, 3.63) is 23.3 Å². The summed E-state index contributed by atoms with van der Waals surface area (Å²) < 4.78 is 0. The van der Waals surface area contributed by atoms with Gasteiger partial charge >= 0.3 is 5.97 Å². The summed E-state index contributed by atoms with van der Waals surface area (Å²) in [6, 6.07) is -0.650. The Labute approximate surface area is 128 Å². The number of carboxylic acid groups (broad SMARTS) is 1. The molecular formula is C18H29NO2. The Hall–Kier alpha value is -1.38. The fraction of sp³-hybridized carbons (Fsp3) is 0.667. The van der Waals surface area contributed by atoms with Gasteiger partial charge in [-0.05, 0) is 56.4 Å². The lowest BCUT2D eigenvalue weighted by Crippen LogP contribution is -2.19. The van der Waals surface area contributed by atoms with Gasteiger partial charge in [-0.3, -0.25) is 4.99 Å². The Morgan fingerprint density at radius 3 is 2.67 bits per heavy atom. The minimum atomic E-state index is -0.876. The first-order valence-electron chi connectivity index (χ1n) is 7.87. The molecule has 0 aromatic heterocycles. The number of allylic oxidation sites excluding steroid dienone is 4. The highest BCUT2D eigenvalue weighted by molar-refractivity contribution is 5.75. The fourth-order valence-electron chi connectivity index (χ4n) is 2.80. The molecule has 0 radical (unpaired) electrons. The molecule has 0 aromatic carbocycles. The Morgan fingerprint density at radius 2 is 2.10 bits per heavy atom. The highest BCUT2D eigenvalue weighted by atomic mass is 16.4. The maximum absolute atomic E-state index is 10.7. The molecule has 0 aliphatic heterocycles. The highest BCUT2D eigenvalue weighted by Crippen LogP contribution is 2.40. The van der Waals surface area contributed by atoms with Crippen LogP contribution in [0.25, 0.3) is 0 Å². The van der Waals surface area contributed by atoms with E-state index in [0.29, 0.717) is 5.92 Å². The number of rotatable bonds is 6. The fourth-order valence-corrected chi connectivity index (χ4v) is 2.80. The predicted octanol–water partition coefficient (Wildman–Crippen LogP) is 4.64. The molecule has 0 heterocycles. The minimum absolute atomic E-state index is 0.268. The molecule has 3 heteroatoms. The summed E-state index contributed by atoms with van der Waals surface area (Å²) in [5, 5.41) is 8.77. The van der Waals surface area contributed by atoms with Crippen molar-refractivity contribution in [3.63, 3.8) is 0 Å². The third kappa shape index (κ3) is 5.49. The van der Waals surface area contributed by atoms with E-state index in [0.717, 1.165) is 6.42 Å². The van der Waals surface area contributed by atoms with Gasteiger partial charge in [-0.2, -0.15) is 0 Å². The van der Waals surface area contributed by atoms with Gasteiger partial charge in [0.25, 0.3) is 0 Å². The van der Waals surface area contributed by atoms with Gasteiger partial charge in [0.05, 0.1) is 0 Å². The number of hydrogen-bond donors (Lipinski definition) is 1. The zero-order chi connectivity index (χ0) is 16.0. The van der Waals surface area contributed by atoms with Crippen LogP contribution in [0.1, 0.15) is 60.3 Å². The van der Waals surface area contributed by atoms with Crippen LogP contribution in [0.2, 0.25) is 0 Å². The lowest BCUT2D eigenvalue weighted by molar-refractivity contribution is -0.137. The average Bonchev–Trinajstić information content (AvgIpc) is 2.37. The smallest absolute Gasteiger partial charge is 0.328 e. The molecule has 0 bridgehead atoms. The van der Waals surface area contributed by atoms with Crippen LogP contribution in [0.15, 0.2) is 28.3 Å². The van der Waals surface area contributed by atoms with Gasteiger partial charge in [0, 0.05) is 6.21 Å². The molecule has 3 nitrogen and oxygen atoms in total. The number of hydrogen-bond acceptors (Lipinski definition) is 2. The third-order valence-corrected chi connectivity index (χ3v) is 4.30. The predicted molar refractivity (Wildman–Crippen MR) is 88.8 cm³/mol. The van der Waals surface area contributed by atoms with Gasteiger partial charge in [0.1, 0.15) is 6.04 Å². The van der Waals surface area contributed by atoms with Crippen LogP contribution in [-0.2, 0) is 4.79 Å². The van der Waals surface area contributed by atoms with Crippen LogP contribution in [0.3, 0.4) is 0 Å². The second-order valence-corrected chi connectivity index (χ2v) is 6.85. The van der Waals surface area contributed by atoms with Crippen LogP contribution in [0, 0.1) is 11.3 Å². The first-order valence-corrected chi connectivity index (χ1v) is 7.87. The van der Waals surface area contributed by atoms with Crippen molar-refractivity contribution < 1.29 is 9.90 Å². The molecule has 2 atom stereocenters. The monoisotopic (exact) mass is 291 g/mol. The lowest BCUT2D eigenvalue weighted by Gasteiger charge is -2.33. The second kappa shape index (κ2) is 7.58. The van der Waals surface area contributed by atoms with E-state index >= 15 is 0 Å². The van der Waals surface area contributed by atoms with Crippen molar-refractivity contribution in [2.75, 3.05) is 0 Å². The maximum atomic E-state index is 10.7. The quantitative estimate of drug-likeness (QED) is 0.725. The summed E-state index contributed by atoms with van der Waals surface area (Å²) in [6.07, 6.45) is 10.7. The van der Waals surface area contributed by atoms with Crippen molar-refractivity contribution in [3.8, 4) is 0 Å². The zero-order valence-electron chi connectivity index (χ0n) is 14.0. The molecule has 21 heavy (non-hydrogen) atoms. The summed E-state index contributed by atoms with van der Waals surface area (Å²) in [6.45, 7) is 10.6. The zero-order valence-corrected chi connectivity index (χ0v) is 14.0. The van der Waals surface area contributed by atoms with Crippen molar-refractivity contribution in [2.45, 2.75) is 66.3 Å². The van der Waals surface area contributed by atoms with Gasteiger partial charge in [-0.1, -0.05) is 38.5 Å². The standard InChI is InChI=1S/C18H29NO2/c1-13(10-12-19-15(3)17(20)21)8-9-16-14(2)7-6-11-18(16,4)5/h8-9,12-13,15H,6-7,10-11H2,1-5H3,(H,20,21)/b9-8+,19-12-/t13?,15-/m0/s1. The molecule has 0 amide bonds. The molecule has 1 aliphatic rings. The third-order valence-electron chi connectivity index (χ3n) is 4.30. The summed E-state index contributed by atoms with van der Waals surface area (Å²) in [7, 11) is 0. The minimum Gasteiger partial charge on any atom is -0.480 e. The van der Waals surface area contributed by atoms with Crippen LogP contribution in [0.5, 0.6) is 0 Å². The van der Waals surface area contributed by atoms with Gasteiger partial charge in [-0.15, -0.1) is 0 Å². The van der Waals surface area contributed by atoms with E-state index in [1.165, 1.54) is 30.4 Å². The molecular weight excluding hydrogens is 262 g/mol. The van der Waals surface area contributed by atoms with Crippen molar-refractivity contribution in [1.29, 1.82) is 0 Å². The van der Waals surface area contributed by atoms with Crippen LogP contribution >= 0.6 is 0 Å². The van der Waals surface area contributed by atoms with Gasteiger partial charge in [0.15, 0.2) is 0 Å². The Kier molecular flexibility index (Phi) is 6.38. The van der Waals surface area contributed by atoms with E-state index in [4.69, 9.17) is 5.11 Å². The van der Waals surface area contributed by atoms with Crippen LogP contribution in [-0.4, -0.2) is 23.3 Å². The van der Waals surface area contributed by atoms with Crippen LogP contribution < -0.4 is 0 Å². The van der Waals surface area contributed by atoms with E-state index in [1.807, 2.05) is 0 Å². The number of aliphatic imine (C=N–C) groups is 1. The molecule has 118 valence electrons. The Morgan fingerprint density at radius 1 is 1.43 bits per heavy atom. The number of nitrogens with zero attached hydrogens (tertiary/aromatic N) is 1. The van der Waals surface area contributed by atoms with E-state index in [9.17, 15) is 4.79 Å². The lowest BCUT2D eigenvalue weighted by atomic mass is 9.72. The van der Waals surface area contributed by atoms with E-state index < -0.39 is 12.0 Å². The van der Waals surface area contributed by atoms with Crippen molar-refractivity contribution in [2.24, 2.45) is 16.3 Å². The highest BCUT2D eigenvalue weighted by Gasteiger charge is 2.26. The molecule has 0 saturated carbocycles. The molecule has 1 aliphatic carbocycles. The Bertz CT molecular complexity index is 458. The largest absolute Gasteiger partial charge is 0.480 e. The average molecular weight is 291 g/mol. The van der Waals surface area contributed by atoms with E-state index in [1.54, 1.807) is 13.1 Å². The molecule has 0 aromatic rings. The number of aliphatic carboxylic acids is 1. The normalized spacial score (nSPS) is 22.0. The topological polar surface area (TPSA) is 49.7 Å². The molecule has 1 N–H and O–H groups in total. The first kappa shape index (κ1) is 17.7. The summed E-state index contributed by atoms with van der Waals surface area (Å²) in [5.74, 6) is -0.507. The van der Waals surface area contributed by atoms with Gasteiger partial charge < -0.3 is 5.11 Å². The van der Waals surface area contributed by atoms with Crippen molar-refractivity contribution >= 4 is 12.2 Å². The molecule has 0 spiro atoms. The Balaban J connectivity index is 2.61. The second-order valence-electron chi connectivity index (χ2n) is 6.85. The summed E-state index contributed by atoms with van der Waals surface area (Å²) >= 11 is 0. The molecule has 0 saturated heterocycles. The maximum Gasteiger partial charge on any atom is 0.328 e. The van der Waals surface area contributed by atoms with Gasteiger partial charge in [0.2, 0.25) is 0 Å². The number of carbonyl (C=O) groups is 1. The van der Waals surface area contributed by atoms with E-state index in [2.05, 4.69) is 44.8 Å². The molecule has 1 unspecified atom stereocenters. The number of carboxylic acids is 1. The van der Waals surface area contributed by atoms with Gasteiger partial charge in [-0.25, -0.2) is 4.79 Å². The SMILES string of the molecule is CC1=C(/C=C/C(C)C/C=N\[C@@H](C)C(=O)O)C(C)(C)CCC1. The van der Waals surface area contributed by atoms with Crippen molar-refractivity contribution in [1.82, 2.24) is 0 Å². The van der Waals surface area contributed by atoms with Crippen LogP contribution in [0.4, 0.5) is 0 Å². The first-order chi connectivity index (χ1) is 9.74.